The topological polar surface area (TPSA) is 66.6 Å². The molecule has 0 fully saturated rings. The Bertz CT molecular complexity index is 300. The molecule has 0 saturated carbocycles. The summed E-state index contributed by atoms with van der Waals surface area (Å²) in [7, 11) is 0. The molecule has 5 heteroatoms. The van der Waals surface area contributed by atoms with Gasteiger partial charge in [-0.15, -0.1) is 0 Å². The van der Waals surface area contributed by atoms with E-state index in [0.717, 1.165) is 0 Å². The zero-order valence-corrected chi connectivity index (χ0v) is 6.47. The van der Waals surface area contributed by atoms with Gasteiger partial charge in [-0.2, -0.15) is 0 Å². The minimum Gasteiger partial charge on any atom is -0.232 e. The lowest BCUT2D eigenvalue weighted by atomic mass is 10.2. The third kappa shape index (κ3) is 1.51. The number of aryl methyl sites for hydroxylation is 1. The first-order valence-electron chi connectivity index (χ1n) is 3.32. The zero-order valence-electron chi connectivity index (χ0n) is 6.47. The average molecular weight is 168 g/mol. The molecule has 5 nitrogen and oxygen atoms in total. The van der Waals surface area contributed by atoms with Crippen molar-refractivity contribution >= 4 is 5.69 Å². The summed E-state index contributed by atoms with van der Waals surface area (Å²) in [5.41, 5.74) is 0.833. The van der Waals surface area contributed by atoms with Crippen LogP contribution in [-0.2, 0) is 0 Å². The first-order valence-corrected chi connectivity index (χ1v) is 3.32. The first-order chi connectivity index (χ1) is 5.63. The number of nitro groups is 1. The van der Waals surface area contributed by atoms with Gasteiger partial charge in [0.05, 0.1) is 0 Å². The Labute approximate surface area is 68.9 Å². The summed E-state index contributed by atoms with van der Waals surface area (Å²) >= 11 is 0. The molecule has 1 rings (SSSR count). The van der Waals surface area contributed by atoms with Crippen molar-refractivity contribution in [1.82, 2.24) is 0 Å². The first kappa shape index (κ1) is 8.48. The Hall–Kier alpha value is -1.62. The summed E-state index contributed by atoms with van der Waals surface area (Å²) < 4.78 is 0. The molecule has 0 amide bonds. The van der Waals surface area contributed by atoms with Crippen LogP contribution in [0.25, 0.3) is 0 Å². The molecule has 0 spiro atoms. The molecule has 0 saturated heterocycles. The quantitative estimate of drug-likeness (QED) is 0.535. The van der Waals surface area contributed by atoms with E-state index in [0.29, 0.717) is 5.56 Å². The molecule has 0 unspecified atom stereocenters. The second-order valence-electron chi connectivity index (χ2n) is 2.31. The molecule has 0 heterocycles. The van der Waals surface area contributed by atoms with Gasteiger partial charge in [-0.3, -0.25) is 0 Å². The van der Waals surface area contributed by atoms with E-state index < -0.39 is 5.03 Å². The molecular formula is C7H8N2O3. The number of hydrogen-bond acceptors (Lipinski definition) is 3. The van der Waals surface area contributed by atoms with Crippen LogP contribution in [0, 0.1) is 17.0 Å². The highest BCUT2D eigenvalue weighted by atomic mass is 16.8. The van der Waals surface area contributed by atoms with E-state index in [-0.39, 0.29) is 10.9 Å². The second kappa shape index (κ2) is 3.19. The van der Waals surface area contributed by atoms with Crippen LogP contribution in [0.1, 0.15) is 5.56 Å². The molecular weight excluding hydrogens is 160 g/mol. The fourth-order valence-electron chi connectivity index (χ4n) is 0.876. The summed E-state index contributed by atoms with van der Waals surface area (Å²) in [6.07, 6.45) is 0. The maximum Gasteiger partial charge on any atom is 0.192 e. The minimum atomic E-state index is -0.887. The van der Waals surface area contributed by atoms with Gasteiger partial charge in [-0.05, 0) is 18.6 Å². The van der Waals surface area contributed by atoms with Gasteiger partial charge in [-0.1, -0.05) is 18.2 Å². The van der Waals surface area contributed by atoms with Gasteiger partial charge in [0.1, 0.15) is 5.69 Å². The number of hydrazine groups is 1. The molecule has 0 aliphatic carbocycles. The molecule has 64 valence electrons. The van der Waals surface area contributed by atoms with Crippen molar-refractivity contribution in [1.29, 1.82) is 0 Å². The smallest absolute Gasteiger partial charge is 0.192 e. The Morgan fingerprint density at radius 1 is 1.50 bits per heavy atom. The number of rotatable bonds is 2. The SMILES string of the molecule is Cc1ccccc1N(O)[N+](=O)[O-]. The summed E-state index contributed by atoms with van der Waals surface area (Å²) in [5, 5.41) is 18.2. The minimum absolute atomic E-state index is 0.00926. The normalized spacial score (nSPS) is 9.50. The standard InChI is InChI=1S/C7H8N2O3/c1-6-4-2-3-5-7(6)8(10)9(11)12/h2-5,10H,1H3. The Balaban J connectivity index is 3.02. The van der Waals surface area contributed by atoms with Gasteiger partial charge < -0.3 is 0 Å². The van der Waals surface area contributed by atoms with Crippen LogP contribution in [0.15, 0.2) is 24.3 Å². The maximum absolute atomic E-state index is 10.1. The fourth-order valence-corrected chi connectivity index (χ4v) is 0.876. The largest absolute Gasteiger partial charge is 0.232 e. The number of anilines is 1. The second-order valence-corrected chi connectivity index (χ2v) is 2.31. The molecule has 12 heavy (non-hydrogen) atoms. The van der Waals surface area contributed by atoms with Crippen molar-refractivity contribution in [3.8, 4) is 0 Å². The molecule has 0 bridgehead atoms. The van der Waals surface area contributed by atoms with Crippen LogP contribution in [0.2, 0.25) is 0 Å². The van der Waals surface area contributed by atoms with Gasteiger partial charge in [0, 0.05) is 5.17 Å². The average Bonchev–Trinajstić information content (AvgIpc) is 2.04. The third-order valence-electron chi connectivity index (χ3n) is 1.49. The van der Waals surface area contributed by atoms with E-state index in [1.54, 1.807) is 25.1 Å². The molecule has 0 radical (unpaired) electrons. The Morgan fingerprint density at radius 2 is 2.08 bits per heavy atom. The number of para-hydroxylation sites is 1. The fraction of sp³-hybridized carbons (Fsp3) is 0.143. The summed E-state index contributed by atoms with van der Waals surface area (Å²) in [6.45, 7) is 1.68. The summed E-state index contributed by atoms with van der Waals surface area (Å²) in [4.78, 5) is 10.1. The van der Waals surface area contributed by atoms with Gasteiger partial charge in [0.2, 0.25) is 0 Å². The van der Waals surface area contributed by atoms with E-state index >= 15 is 0 Å². The number of nitrogens with zero attached hydrogens (tertiary/aromatic N) is 2. The monoisotopic (exact) mass is 168 g/mol. The van der Waals surface area contributed by atoms with E-state index in [9.17, 15) is 10.1 Å². The van der Waals surface area contributed by atoms with E-state index in [1.165, 1.54) is 6.07 Å². The third-order valence-corrected chi connectivity index (χ3v) is 1.49. The van der Waals surface area contributed by atoms with Crippen molar-refractivity contribution in [2.24, 2.45) is 0 Å². The molecule has 0 atom stereocenters. The van der Waals surface area contributed by atoms with Gasteiger partial charge in [-0.25, -0.2) is 15.3 Å². The van der Waals surface area contributed by atoms with Crippen LogP contribution in [-0.4, -0.2) is 10.2 Å². The molecule has 0 aliphatic rings. The molecule has 0 aromatic heterocycles. The highest BCUT2D eigenvalue weighted by molar-refractivity contribution is 5.48. The lowest BCUT2D eigenvalue weighted by Crippen LogP contribution is -2.25. The van der Waals surface area contributed by atoms with Crippen molar-refractivity contribution in [2.75, 3.05) is 5.17 Å². The molecule has 0 aliphatic heterocycles. The number of benzene rings is 1. The maximum atomic E-state index is 10.1. The van der Waals surface area contributed by atoms with Crippen LogP contribution in [0.3, 0.4) is 0 Å². The van der Waals surface area contributed by atoms with Crippen molar-refractivity contribution in [2.45, 2.75) is 6.92 Å². The van der Waals surface area contributed by atoms with Gasteiger partial charge in [0.25, 0.3) is 0 Å². The Morgan fingerprint density at radius 3 is 2.58 bits per heavy atom. The highest BCUT2D eigenvalue weighted by Gasteiger charge is 2.14. The van der Waals surface area contributed by atoms with Gasteiger partial charge >= 0.3 is 0 Å². The Kier molecular flexibility index (Phi) is 2.25. The van der Waals surface area contributed by atoms with Crippen molar-refractivity contribution in [3.05, 3.63) is 39.9 Å². The summed E-state index contributed by atoms with van der Waals surface area (Å²) in [6, 6.07) is 6.52. The lowest BCUT2D eigenvalue weighted by molar-refractivity contribution is -0.541. The predicted octanol–water partition coefficient (Wildman–Crippen LogP) is 1.38. The van der Waals surface area contributed by atoms with Crippen LogP contribution >= 0.6 is 0 Å². The van der Waals surface area contributed by atoms with Gasteiger partial charge in [0.15, 0.2) is 5.03 Å². The van der Waals surface area contributed by atoms with Crippen molar-refractivity contribution < 1.29 is 10.2 Å². The molecule has 1 aromatic carbocycles. The molecule has 1 aromatic rings. The number of hydrogen-bond donors (Lipinski definition) is 1. The molecule has 1 N–H and O–H groups in total. The summed E-state index contributed by atoms with van der Waals surface area (Å²) in [5.74, 6) is 0. The van der Waals surface area contributed by atoms with E-state index in [4.69, 9.17) is 5.21 Å². The van der Waals surface area contributed by atoms with Crippen LogP contribution in [0.5, 0.6) is 0 Å². The van der Waals surface area contributed by atoms with Crippen LogP contribution < -0.4 is 5.17 Å². The predicted molar refractivity (Wildman–Crippen MR) is 42.4 cm³/mol. The zero-order chi connectivity index (χ0) is 9.14. The van der Waals surface area contributed by atoms with Crippen molar-refractivity contribution in [3.63, 3.8) is 0 Å². The lowest BCUT2D eigenvalue weighted by Gasteiger charge is -2.07. The highest BCUT2D eigenvalue weighted by Crippen LogP contribution is 2.16. The van der Waals surface area contributed by atoms with E-state index in [1.807, 2.05) is 0 Å². The van der Waals surface area contributed by atoms with Crippen LogP contribution in [0.4, 0.5) is 5.69 Å². The van der Waals surface area contributed by atoms with E-state index in [2.05, 4.69) is 0 Å².